The molecule has 3 rings (SSSR count). The molecule has 3 atom stereocenters. The summed E-state index contributed by atoms with van der Waals surface area (Å²) in [5.74, 6) is -0.767. The molecule has 1 amide bonds. The highest BCUT2D eigenvalue weighted by Crippen LogP contribution is 2.56. The maximum absolute atomic E-state index is 13.4. The van der Waals surface area contributed by atoms with Gasteiger partial charge in [0.2, 0.25) is 0 Å². The van der Waals surface area contributed by atoms with Gasteiger partial charge in [-0.2, -0.15) is 0 Å². The minimum Gasteiger partial charge on any atom is -0.444 e. The second-order valence-corrected chi connectivity index (χ2v) is 11.5. The molecular weight excluding hydrogens is 494 g/mol. The maximum atomic E-state index is 13.4. The van der Waals surface area contributed by atoms with Gasteiger partial charge in [-0.15, -0.1) is 0 Å². The van der Waals surface area contributed by atoms with Crippen molar-refractivity contribution in [3.05, 3.63) is 63.6 Å². The lowest BCUT2D eigenvalue weighted by Crippen LogP contribution is -2.45. The van der Waals surface area contributed by atoms with Crippen LogP contribution in [-0.4, -0.2) is 37.2 Å². The van der Waals surface area contributed by atoms with E-state index < -0.39 is 38.2 Å². The van der Waals surface area contributed by atoms with Gasteiger partial charge in [0.25, 0.3) is 0 Å². The van der Waals surface area contributed by atoms with Crippen LogP contribution in [0.1, 0.15) is 32.3 Å². The molecule has 0 heterocycles. The van der Waals surface area contributed by atoms with Crippen LogP contribution >= 0.6 is 27.5 Å². The fraction of sp³-hybridized carbons (Fsp3) is 0.333. The van der Waals surface area contributed by atoms with E-state index in [0.29, 0.717) is 16.9 Å². The molecule has 160 valence electrons. The molecule has 0 radical (unpaired) electrons. The molecule has 30 heavy (non-hydrogen) atoms. The van der Waals surface area contributed by atoms with E-state index in [1.807, 2.05) is 0 Å². The summed E-state index contributed by atoms with van der Waals surface area (Å²) in [6.07, 6.45) is -0.368. The number of carbonyl (C=O) groups is 2. The third-order valence-electron chi connectivity index (χ3n) is 4.80. The molecule has 1 N–H and O–H groups in total. The Labute approximate surface area is 189 Å². The summed E-state index contributed by atoms with van der Waals surface area (Å²) in [4.78, 5) is 24.7. The Morgan fingerprint density at radius 3 is 2.20 bits per heavy atom. The highest BCUT2D eigenvalue weighted by Gasteiger charge is 2.73. The van der Waals surface area contributed by atoms with E-state index in [-0.39, 0.29) is 4.90 Å². The number of benzene rings is 2. The second-order valence-electron chi connectivity index (χ2n) is 8.13. The Kier molecular flexibility index (Phi) is 6.06. The van der Waals surface area contributed by atoms with Crippen LogP contribution in [0.25, 0.3) is 0 Å². The van der Waals surface area contributed by atoms with Gasteiger partial charge in [-0.25, -0.2) is 13.2 Å². The lowest BCUT2D eigenvalue weighted by atomic mass is 10.1. The number of rotatable bonds is 5. The summed E-state index contributed by atoms with van der Waals surface area (Å²) in [5.41, 5.74) is -1.83. The van der Waals surface area contributed by atoms with Gasteiger partial charge in [0.1, 0.15) is 22.7 Å². The third-order valence-corrected chi connectivity index (χ3v) is 7.84. The predicted octanol–water partition coefficient (Wildman–Crippen LogP) is 4.50. The number of sulfone groups is 1. The van der Waals surface area contributed by atoms with E-state index in [4.69, 9.17) is 16.3 Å². The van der Waals surface area contributed by atoms with Crippen LogP contribution in [-0.2, 0) is 19.4 Å². The highest BCUT2D eigenvalue weighted by atomic mass is 79.9. The van der Waals surface area contributed by atoms with Crippen LogP contribution in [0.3, 0.4) is 0 Å². The predicted molar refractivity (Wildman–Crippen MR) is 117 cm³/mol. The molecule has 1 aliphatic rings. The quantitative estimate of drug-likeness (QED) is 0.593. The van der Waals surface area contributed by atoms with E-state index in [9.17, 15) is 18.0 Å². The van der Waals surface area contributed by atoms with Crippen molar-refractivity contribution in [2.75, 3.05) is 0 Å². The number of aldehydes is 1. The van der Waals surface area contributed by atoms with E-state index in [1.54, 1.807) is 45.0 Å². The Morgan fingerprint density at radius 2 is 1.70 bits per heavy atom. The Bertz CT molecular complexity index is 1060. The molecule has 0 spiro atoms. The first-order valence-corrected chi connectivity index (χ1v) is 11.8. The zero-order chi connectivity index (χ0) is 22.3. The van der Waals surface area contributed by atoms with Crippen molar-refractivity contribution in [2.24, 2.45) is 0 Å². The van der Waals surface area contributed by atoms with Crippen LogP contribution in [0.15, 0.2) is 57.9 Å². The topological polar surface area (TPSA) is 89.5 Å². The second kappa shape index (κ2) is 7.98. The molecule has 0 bridgehead atoms. The molecular formula is C21H21BrClNO5S. The molecule has 9 heteroatoms. The number of halogens is 2. The normalized spacial score (nSPS) is 23.5. The van der Waals surface area contributed by atoms with Gasteiger partial charge < -0.3 is 14.8 Å². The third kappa shape index (κ3) is 4.40. The van der Waals surface area contributed by atoms with Crippen molar-refractivity contribution in [3.63, 3.8) is 0 Å². The van der Waals surface area contributed by atoms with Crippen molar-refractivity contribution in [1.82, 2.24) is 5.32 Å². The average Bonchev–Trinajstić information content (AvgIpc) is 3.30. The Balaban J connectivity index is 2.04. The van der Waals surface area contributed by atoms with Gasteiger partial charge in [0, 0.05) is 15.4 Å². The molecule has 0 aromatic heterocycles. The summed E-state index contributed by atoms with van der Waals surface area (Å²) in [5, 5.41) is 1.74. The first-order valence-electron chi connectivity index (χ1n) is 9.13. The van der Waals surface area contributed by atoms with Gasteiger partial charge in [-0.05, 0) is 62.7 Å². The van der Waals surface area contributed by atoms with Gasteiger partial charge in [-0.1, -0.05) is 39.7 Å². The lowest BCUT2D eigenvalue weighted by molar-refractivity contribution is -0.110. The minimum absolute atomic E-state index is 0.0220. The van der Waals surface area contributed by atoms with Crippen molar-refractivity contribution < 1.29 is 22.7 Å². The monoisotopic (exact) mass is 513 g/mol. The fourth-order valence-electron chi connectivity index (χ4n) is 3.50. The zero-order valence-electron chi connectivity index (χ0n) is 16.6. The molecule has 1 saturated carbocycles. The summed E-state index contributed by atoms with van der Waals surface area (Å²) in [7, 11) is -3.97. The molecule has 6 nitrogen and oxygen atoms in total. The van der Waals surface area contributed by atoms with Crippen LogP contribution in [0.2, 0.25) is 5.02 Å². The first kappa shape index (κ1) is 22.8. The van der Waals surface area contributed by atoms with Crippen molar-refractivity contribution in [2.45, 2.75) is 48.0 Å². The van der Waals surface area contributed by atoms with Crippen molar-refractivity contribution in [3.8, 4) is 0 Å². The number of ether oxygens (including phenoxy) is 1. The summed E-state index contributed by atoms with van der Waals surface area (Å²) in [6.45, 7) is 5.05. The standard InChI is InChI=1S/C21H21BrClNO5S/c1-20(2,3)29-19(26)24-21(12-25)17(13-4-6-14(22)7-5-13)18(21)30(27,28)16-10-8-15(23)9-11-16/h4-12,17-18H,1-3H3,(H,24,26)/t17-,18-,21-/m1/s1. The number of hydrogen-bond acceptors (Lipinski definition) is 5. The molecule has 0 saturated heterocycles. The zero-order valence-corrected chi connectivity index (χ0v) is 19.7. The number of alkyl carbamates (subject to hydrolysis) is 1. The lowest BCUT2D eigenvalue weighted by Gasteiger charge is -2.22. The number of hydrogen-bond donors (Lipinski definition) is 1. The van der Waals surface area contributed by atoms with E-state index in [0.717, 1.165) is 4.47 Å². The fourth-order valence-corrected chi connectivity index (χ4v) is 6.14. The largest absolute Gasteiger partial charge is 0.444 e. The summed E-state index contributed by atoms with van der Waals surface area (Å²) in [6, 6.07) is 12.7. The van der Waals surface area contributed by atoms with E-state index >= 15 is 0 Å². The van der Waals surface area contributed by atoms with Crippen molar-refractivity contribution in [1.29, 1.82) is 0 Å². The van der Waals surface area contributed by atoms with Gasteiger partial charge >= 0.3 is 6.09 Å². The van der Waals surface area contributed by atoms with Crippen LogP contribution < -0.4 is 5.32 Å². The molecule has 2 aromatic rings. The van der Waals surface area contributed by atoms with Gasteiger partial charge in [0.15, 0.2) is 9.84 Å². The van der Waals surface area contributed by atoms with E-state index in [1.165, 1.54) is 24.3 Å². The maximum Gasteiger partial charge on any atom is 0.408 e. The van der Waals surface area contributed by atoms with Crippen molar-refractivity contribution >= 4 is 49.7 Å². The van der Waals surface area contributed by atoms with E-state index in [2.05, 4.69) is 21.2 Å². The Morgan fingerprint density at radius 1 is 1.13 bits per heavy atom. The summed E-state index contributed by atoms with van der Waals surface area (Å²) >= 11 is 9.22. The van der Waals surface area contributed by atoms with Crippen LogP contribution in [0.4, 0.5) is 4.79 Å². The van der Waals surface area contributed by atoms with Crippen LogP contribution in [0, 0.1) is 0 Å². The highest BCUT2D eigenvalue weighted by molar-refractivity contribution is 9.10. The molecule has 1 fully saturated rings. The summed E-state index contributed by atoms with van der Waals surface area (Å²) < 4.78 is 32.9. The Hall–Kier alpha value is -1.90. The number of amides is 1. The molecule has 0 unspecified atom stereocenters. The van der Waals surface area contributed by atoms with Crippen LogP contribution in [0.5, 0.6) is 0 Å². The first-order chi connectivity index (χ1) is 13.9. The molecule has 2 aromatic carbocycles. The van der Waals surface area contributed by atoms with Gasteiger partial charge in [-0.3, -0.25) is 0 Å². The molecule has 0 aliphatic heterocycles. The number of nitrogens with one attached hydrogen (secondary N) is 1. The van der Waals surface area contributed by atoms with Gasteiger partial charge in [0.05, 0.1) is 4.90 Å². The molecule has 1 aliphatic carbocycles. The average molecular weight is 515 g/mol. The SMILES string of the molecule is CC(C)(C)OC(=O)N[C@]1(C=O)[C@H](c2ccc(Br)cc2)[C@H]1S(=O)(=O)c1ccc(Cl)cc1. The smallest absolute Gasteiger partial charge is 0.408 e. The minimum atomic E-state index is -3.97. The number of carbonyl (C=O) groups excluding carboxylic acids is 2.